The number of hydrogen-bond donors (Lipinski definition) is 2. The third kappa shape index (κ3) is 7.67. The fourth-order valence-electron chi connectivity index (χ4n) is 4.16. The van der Waals surface area contributed by atoms with Crippen molar-refractivity contribution in [3.05, 3.63) is 11.7 Å². The number of hydrogen-bond acceptors (Lipinski definition) is 6. The van der Waals surface area contributed by atoms with Crippen LogP contribution in [-0.2, 0) is 11.3 Å². The van der Waals surface area contributed by atoms with E-state index in [1.165, 1.54) is 38.8 Å². The summed E-state index contributed by atoms with van der Waals surface area (Å²) in [5.74, 6) is 2.80. The van der Waals surface area contributed by atoms with Gasteiger partial charge < -0.3 is 24.8 Å². The summed E-state index contributed by atoms with van der Waals surface area (Å²) in [5, 5.41) is 10.9. The van der Waals surface area contributed by atoms with Crippen LogP contribution in [-0.4, -0.2) is 59.8 Å². The molecule has 2 aliphatic rings. The topological polar surface area (TPSA) is 87.8 Å². The Kier molecular flexibility index (Phi) is 10.6. The van der Waals surface area contributed by atoms with Crippen LogP contribution < -0.4 is 10.6 Å². The highest BCUT2D eigenvalue weighted by atomic mass is 127. The third-order valence-electron chi connectivity index (χ3n) is 5.59. The Balaban J connectivity index is 0.00000300. The third-order valence-corrected chi connectivity index (χ3v) is 5.59. The lowest BCUT2D eigenvalue weighted by Gasteiger charge is -2.21. The first kappa shape index (κ1) is 24.3. The molecular weight excluding hydrogens is 483 g/mol. The molecule has 2 unspecified atom stereocenters. The van der Waals surface area contributed by atoms with E-state index in [-0.39, 0.29) is 30.1 Å². The predicted octanol–water partition coefficient (Wildman–Crippen LogP) is 3.10. The highest BCUT2D eigenvalue weighted by Crippen LogP contribution is 2.26. The monoisotopic (exact) mass is 520 g/mol. The molecule has 3 rings (SSSR count). The van der Waals surface area contributed by atoms with Gasteiger partial charge in [-0.3, -0.25) is 0 Å². The molecule has 0 spiro atoms. The standard InChI is InChI=1S/C20H36N6O2.HI/c1-4-21-20(22-12-18-24-19(25-28-18)15(3)27-5-2)23-17-10-11-26(14-17)13-16-8-6-7-9-16;/h15-17H,4-14H2,1-3H3,(H2,21,22,23);1H. The normalized spacial score (nSPS) is 21.9. The molecular formula is C20H37IN6O2. The minimum atomic E-state index is -0.165. The predicted molar refractivity (Wildman–Crippen MR) is 125 cm³/mol. The second-order valence-corrected chi connectivity index (χ2v) is 7.88. The Hall–Kier alpha value is -0.940. The minimum absolute atomic E-state index is 0. The largest absolute Gasteiger partial charge is 0.371 e. The van der Waals surface area contributed by atoms with Gasteiger partial charge in [0.1, 0.15) is 12.6 Å². The maximum Gasteiger partial charge on any atom is 0.248 e. The molecule has 0 bridgehead atoms. The van der Waals surface area contributed by atoms with Gasteiger partial charge in [0.25, 0.3) is 0 Å². The highest BCUT2D eigenvalue weighted by Gasteiger charge is 2.26. The van der Waals surface area contributed by atoms with Crippen LogP contribution in [0.2, 0.25) is 0 Å². The number of aromatic nitrogens is 2. The first-order valence-electron chi connectivity index (χ1n) is 10.9. The Labute approximate surface area is 191 Å². The number of likely N-dealkylation sites (tertiary alicyclic amines) is 1. The van der Waals surface area contributed by atoms with Crippen molar-refractivity contribution in [1.82, 2.24) is 25.7 Å². The molecule has 1 aromatic heterocycles. The van der Waals surface area contributed by atoms with Crippen LogP contribution in [0, 0.1) is 5.92 Å². The molecule has 1 saturated carbocycles. The second kappa shape index (κ2) is 12.7. The molecule has 9 heteroatoms. The second-order valence-electron chi connectivity index (χ2n) is 7.88. The van der Waals surface area contributed by atoms with Crippen LogP contribution in [0.5, 0.6) is 0 Å². The van der Waals surface area contributed by atoms with Crippen molar-refractivity contribution in [3.8, 4) is 0 Å². The Bertz CT molecular complexity index is 620. The van der Waals surface area contributed by atoms with Gasteiger partial charge in [0.05, 0.1) is 0 Å². The summed E-state index contributed by atoms with van der Waals surface area (Å²) in [7, 11) is 0. The van der Waals surface area contributed by atoms with Crippen molar-refractivity contribution in [2.75, 3.05) is 32.8 Å². The summed E-state index contributed by atoms with van der Waals surface area (Å²) in [5.41, 5.74) is 0. The van der Waals surface area contributed by atoms with Crippen molar-refractivity contribution in [1.29, 1.82) is 0 Å². The summed E-state index contributed by atoms with van der Waals surface area (Å²) >= 11 is 0. The van der Waals surface area contributed by atoms with E-state index < -0.39 is 0 Å². The molecule has 1 aliphatic heterocycles. The van der Waals surface area contributed by atoms with Crippen LogP contribution in [0.4, 0.5) is 0 Å². The lowest BCUT2D eigenvalue weighted by Crippen LogP contribution is -2.44. The molecule has 1 aromatic rings. The SMILES string of the molecule is CCNC(=NCc1nc(C(C)OCC)no1)NC1CCN(CC2CCCC2)C1.I. The zero-order chi connectivity index (χ0) is 19.8. The van der Waals surface area contributed by atoms with Gasteiger partial charge >= 0.3 is 0 Å². The van der Waals surface area contributed by atoms with E-state index in [1.54, 1.807) is 0 Å². The molecule has 166 valence electrons. The molecule has 0 amide bonds. The molecule has 1 saturated heterocycles. The summed E-state index contributed by atoms with van der Waals surface area (Å²) in [6.45, 7) is 11.3. The molecule has 2 heterocycles. The van der Waals surface area contributed by atoms with Crippen molar-refractivity contribution < 1.29 is 9.26 Å². The van der Waals surface area contributed by atoms with E-state index in [2.05, 4.69) is 37.6 Å². The number of nitrogens with one attached hydrogen (secondary N) is 2. The van der Waals surface area contributed by atoms with Crippen LogP contribution >= 0.6 is 24.0 Å². The van der Waals surface area contributed by atoms with Crippen LogP contribution in [0.15, 0.2) is 9.52 Å². The maximum absolute atomic E-state index is 5.50. The number of halogens is 1. The molecule has 1 aliphatic carbocycles. The number of rotatable bonds is 9. The average molecular weight is 520 g/mol. The van der Waals surface area contributed by atoms with Gasteiger partial charge in [-0.1, -0.05) is 18.0 Å². The Morgan fingerprint density at radius 1 is 1.31 bits per heavy atom. The van der Waals surface area contributed by atoms with Crippen LogP contribution in [0.1, 0.15) is 70.7 Å². The zero-order valence-corrected chi connectivity index (χ0v) is 20.4. The van der Waals surface area contributed by atoms with E-state index in [1.807, 2.05) is 13.8 Å². The van der Waals surface area contributed by atoms with Gasteiger partial charge in [0.15, 0.2) is 11.8 Å². The molecule has 8 nitrogen and oxygen atoms in total. The van der Waals surface area contributed by atoms with E-state index in [4.69, 9.17) is 9.26 Å². The maximum atomic E-state index is 5.50. The summed E-state index contributed by atoms with van der Waals surface area (Å²) in [6.07, 6.45) is 6.64. The summed E-state index contributed by atoms with van der Waals surface area (Å²) in [6, 6.07) is 0.440. The lowest BCUT2D eigenvalue weighted by molar-refractivity contribution is 0.0683. The molecule has 0 aromatic carbocycles. The first-order valence-corrected chi connectivity index (χ1v) is 10.9. The van der Waals surface area contributed by atoms with Gasteiger partial charge in [-0.15, -0.1) is 24.0 Å². The summed E-state index contributed by atoms with van der Waals surface area (Å²) < 4.78 is 10.8. The van der Waals surface area contributed by atoms with Gasteiger partial charge in [0, 0.05) is 38.8 Å². The van der Waals surface area contributed by atoms with Crippen molar-refractivity contribution in [3.63, 3.8) is 0 Å². The fourth-order valence-corrected chi connectivity index (χ4v) is 4.16. The fraction of sp³-hybridized carbons (Fsp3) is 0.850. The first-order chi connectivity index (χ1) is 13.7. The van der Waals surface area contributed by atoms with Gasteiger partial charge in [-0.2, -0.15) is 4.98 Å². The zero-order valence-electron chi connectivity index (χ0n) is 18.0. The van der Waals surface area contributed by atoms with E-state index in [0.29, 0.717) is 30.9 Å². The molecule has 29 heavy (non-hydrogen) atoms. The van der Waals surface area contributed by atoms with Crippen molar-refractivity contribution in [2.45, 2.75) is 71.6 Å². The van der Waals surface area contributed by atoms with Crippen molar-refractivity contribution >= 4 is 29.9 Å². The molecule has 2 atom stereocenters. The van der Waals surface area contributed by atoms with Crippen LogP contribution in [0.25, 0.3) is 0 Å². The minimum Gasteiger partial charge on any atom is -0.371 e. The number of guanidine groups is 1. The van der Waals surface area contributed by atoms with Gasteiger partial charge in [-0.25, -0.2) is 4.99 Å². The number of aliphatic imine (C=N–C) groups is 1. The molecule has 0 radical (unpaired) electrons. The van der Waals surface area contributed by atoms with Gasteiger partial charge in [-0.05, 0) is 46.0 Å². The Morgan fingerprint density at radius 2 is 2.10 bits per heavy atom. The van der Waals surface area contributed by atoms with Crippen molar-refractivity contribution in [2.24, 2.45) is 10.9 Å². The van der Waals surface area contributed by atoms with E-state index in [0.717, 1.165) is 31.4 Å². The van der Waals surface area contributed by atoms with Gasteiger partial charge in [0.2, 0.25) is 5.89 Å². The summed E-state index contributed by atoms with van der Waals surface area (Å²) in [4.78, 5) is 11.6. The Morgan fingerprint density at radius 3 is 2.83 bits per heavy atom. The highest BCUT2D eigenvalue weighted by molar-refractivity contribution is 14.0. The lowest BCUT2D eigenvalue weighted by atomic mass is 10.1. The average Bonchev–Trinajstić information content (AvgIpc) is 3.43. The smallest absolute Gasteiger partial charge is 0.248 e. The quantitative estimate of drug-likeness (QED) is 0.294. The number of ether oxygens (including phenoxy) is 1. The van der Waals surface area contributed by atoms with E-state index >= 15 is 0 Å². The van der Waals surface area contributed by atoms with E-state index in [9.17, 15) is 0 Å². The number of nitrogens with zero attached hydrogens (tertiary/aromatic N) is 4. The van der Waals surface area contributed by atoms with Crippen LogP contribution in [0.3, 0.4) is 0 Å². The molecule has 2 N–H and O–H groups in total. The molecule has 2 fully saturated rings.